The summed E-state index contributed by atoms with van der Waals surface area (Å²) in [6.45, 7) is 10.2. The summed E-state index contributed by atoms with van der Waals surface area (Å²) in [5, 5.41) is 0. The molecule has 0 saturated carbocycles. The molecule has 0 aliphatic heterocycles. The third-order valence-electron chi connectivity index (χ3n) is 4.17. The van der Waals surface area contributed by atoms with Gasteiger partial charge in [0.15, 0.2) is 5.78 Å². The summed E-state index contributed by atoms with van der Waals surface area (Å²) >= 11 is 0. The van der Waals surface area contributed by atoms with E-state index in [1.165, 1.54) is 0 Å². The van der Waals surface area contributed by atoms with Crippen LogP contribution in [0.5, 0.6) is 5.75 Å². The second-order valence-electron chi connectivity index (χ2n) is 6.47. The molecule has 2 aromatic rings. The fraction of sp³-hybridized carbons (Fsp3) is 0.409. The van der Waals surface area contributed by atoms with Gasteiger partial charge in [-0.3, -0.25) is 4.79 Å². The minimum absolute atomic E-state index is 0.0917. The van der Waals surface area contributed by atoms with Crippen LogP contribution >= 0.6 is 0 Å². The standard InChI is InChI=1S/C22H28O2/c1-6-11-18-14-20(24-15(3)4)22(17-12-9-8-10-13-17)16(5)21(18)19(23)7-2/h8-10,12-15H,6-7,11H2,1-5H3. The van der Waals surface area contributed by atoms with Crippen molar-refractivity contribution in [3.8, 4) is 16.9 Å². The van der Waals surface area contributed by atoms with Crippen molar-refractivity contribution >= 4 is 5.78 Å². The van der Waals surface area contributed by atoms with Crippen LogP contribution in [0.15, 0.2) is 36.4 Å². The molecule has 0 bridgehead atoms. The summed E-state index contributed by atoms with van der Waals surface area (Å²) in [6.07, 6.45) is 2.52. The molecule has 2 rings (SSSR count). The highest BCUT2D eigenvalue weighted by atomic mass is 16.5. The first kappa shape index (κ1) is 18.3. The maximum Gasteiger partial charge on any atom is 0.163 e. The Morgan fingerprint density at radius 2 is 1.79 bits per heavy atom. The van der Waals surface area contributed by atoms with Crippen molar-refractivity contribution in [2.75, 3.05) is 0 Å². The van der Waals surface area contributed by atoms with Gasteiger partial charge in [0.25, 0.3) is 0 Å². The van der Waals surface area contributed by atoms with Crippen molar-refractivity contribution in [1.29, 1.82) is 0 Å². The molecule has 0 heterocycles. The zero-order valence-corrected chi connectivity index (χ0v) is 15.5. The number of rotatable bonds is 7. The highest BCUT2D eigenvalue weighted by Crippen LogP contribution is 2.38. The molecule has 0 N–H and O–H groups in total. The SMILES string of the molecule is CCCc1cc(OC(C)C)c(-c2ccccc2)c(C)c1C(=O)CC. The average molecular weight is 324 g/mol. The number of ketones is 1. The molecule has 128 valence electrons. The van der Waals surface area contributed by atoms with Crippen LogP contribution in [0, 0.1) is 6.92 Å². The number of aryl methyl sites for hydroxylation is 1. The lowest BCUT2D eigenvalue weighted by molar-refractivity contribution is 0.0986. The second-order valence-corrected chi connectivity index (χ2v) is 6.47. The molecule has 0 saturated heterocycles. The van der Waals surface area contributed by atoms with Crippen LogP contribution in [0.25, 0.3) is 11.1 Å². The predicted molar refractivity (Wildman–Crippen MR) is 101 cm³/mol. The first-order chi connectivity index (χ1) is 11.5. The summed E-state index contributed by atoms with van der Waals surface area (Å²) in [5.41, 5.74) is 5.17. The minimum atomic E-state index is 0.0917. The normalized spacial score (nSPS) is 10.9. The van der Waals surface area contributed by atoms with Crippen LogP contribution in [0.2, 0.25) is 0 Å². The van der Waals surface area contributed by atoms with Gasteiger partial charge in [-0.05, 0) is 49.9 Å². The topological polar surface area (TPSA) is 26.3 Å². The van der Waals surface area contributed by atoms with Gasteiger partial charge in [0.1, 0.15) is 5.75 Å². The van der Waals surface area contributed by atoms with Crippen LogP contribution in [0.1, 0.15) is 62.0 Å². The van der Waals surface area contributed by atoms with E-state index in [1.807, 2.05) is 39.0 Å². The molecule has 0 atom stereocenters. The molecule has 2 nitrogen and oxygen atoms in total. The number of hydrogen-bond acceptors (Lipinski definition) is 2. The van der Waals surface area contributed by atoms with Crippen molar-refractivity contribution in [3.63, 3.8) is 0 Å². The van der Waals surface area contributed by atoms with Crippen molar-refractivity contribution < 1.29 is 9.53 Å². The molecule has 0 aliphatic carbocycles. The van der Waals surface area contributed by atoms with Gasteiger partial charge < -0.3 is 4.74 Å². The Kier molecular flexibility index (Phi) is 6.19. The first-order valence-corrected chi connectivity index (χ1v) is 8.91. The molecular formula is C22H28O2. The number of Topliss-reactive ketones (excluding diaryl/α,β-unsaturated/α-hetero) is 1. The zero-order chi connectivity index (χ0) is 17.7. The van der Waals surface area contributed by atoms with Gasteiger partial charge in [0.2, 0.25) is 0 Å². The minimum Gasteiger partial charge on any atom is -0.490 e. The molecule has 0 amide bonds. The van der Waals surface area contributed by atoms with Crippen molar-refractivity contribution in [1.82, 2.24) is 0 Å². The van der Waals surface area contributed by atoms with E-state index in [2.05, 4.69) is 32.0 Å². The summed E-state index contributed by atoms with van der Waals surface area (Å²) in [4.78, 5) is 12.6. The number of carbonyl (C=O) groups excluding carboxylic acids is 1. The second kappa shape index (κ2) is 8.14. The third kappa shape index (κ3) is 3.87. The largest absolute Gasteiger partial charge is 0.490 e. The van der Waals surface area contributed by atoms with E-state index in [0.29, 0.717) is 6.42 Å². The van der Waals surface area contributed by atoms with E-state index in [1.54, 1.807) is 0 Å². The van der Waals surface area contributed by atoms with E-state index in [-0.39, 0.29) is 11.9 Å². The van der Waals surface area contributed by atoms with Gasteiger partial charge >= 0.3 is 0 Å². The molecule has 0 spiro atoms. The Morgan fingerprint density at radius 3 is 2.33 bits per heavy atom. The molecular weight excluding hydrogens is 296 g/mol. The van der Waals surface area contributed by atoms with Gasteiger partial charge in [-0.25, -0.2) is 0 Å². The van der Waals surface area contributed by atoms with Crippen LogP contribution in [0.3, 0.4) is 0 Å². The Labute approximate surface area is 145 Å². The monoisotopic (exact) mass is 324 g/mol. The van der Waals surface area contributed by atoms with E-state index >= 15 is 0 Å². The van der Waals surface area contributed by atoms with E-state index < -0.39 is 0 Å². The first-order valence-electron chi connectivity index (χ1n) is 8.91. The molecule has 0 radical (unpaired) electrons. The smallest absolute Gasteiger partial charge is 0.163 e. The summed E-state index contributed by atoms with van der Waals surface area (Å²) in [5.74, 6) is 1.09. The number of carbonyl (C=O) groups is 1. The summed E-state index contributed by atoms with van der Waals surface area (Å²) in [6, 6.07) is 12.3. The van der Waals surface area contributed by atoms with E-state index in [0.717, 1.165) is 46.4 Å². The molecule has 0 unspecified atom stereocenters. The molecule has 0 aliphatic rings. The fourth-order valence-corrected chi connectivity index (χ4v) is 3.20. The van der Waals surface area contributed by atoms with Crippen LogP contribution in [-0.2, 0) is 6.42 Å². The summed E-state index contributed by atoms with van der Waals surface area (Å²) in [7, 11) is 0. The van der Waals surface area contributed by atoms with Gasteiger partial charge in [-0.1, -0.05) is 50.6 Å². The Bertz CT molecular complexity index is 700. The van der Waals surface area contributed by atoms with Crippen LogP contribution in [-0.4, -0.2) is 11.9 Å². The molecule has 2 heteroatoms. The van der Waals surface area contributed by atoms with Crippen molar-refractivity contribution in [2.45, 2.75) is 60.0 Å². The predicted octanol–water partition coefficient (Wildman–Crippen LogP) is 5.99. The quantitative estimate of drug-likeness (QED) is 0.584. The number of hydrogen-bond donors (Lipinski definition) is 0. The van der Waals surface area contributed by atoms with E-state index in [9.17, 15) is 4.79 Å². The molecule has 24 heavy (non-hydrogen) atoms. The average Bonchev–Trinajstić information content (AvgIpc) is 2.55. The lowest BCUT2D eigenvalue weighted by Gasteiger charge is -2.21. The van der Waals surface area contributed by atoms with Crippen molar-refractivity contribution in [3.05, 3.63) is 53.1 Å². The van der Waals surface area contributed by atoms with Gasteiger partial charge in [-0.15, -0.1) is 0 Å². The fourth-order valence-electron chi connectivity index (χ4n) is 3.20. The zero-order valence-electron chi connectivity index (χ0n) is 15.5. The lowest BCUT2D eigenvalue weighted by atomic mass is 9.87. The molecule has 0 fully saturated rings. The molecule has 0 aromatic heterocycles. The highest BCUT2D eigenvalue weighted by Gasteiger charge is 2.21. The van der Waals surface area contributed by atoms with Gasteiger partial charge in [0, 0.05) is 17.5 Å². The highest BCUT2D eigenvalue weighted by molar-refractivity contribution is 6.01. The third-order valence-corrected chi connectivity index (χ3v) is 4.17. The van der Waals surface area contributed by atoms with Gasteiger partial charge in [0.05, 0.1) is 6.10 Å². The van der Waals surface area contributed by atoms with Crippen LogP contribution < -0.4 is 4.74 Å². The maximum atomic E-state index is 12.6. The molecule has 2 aromatic carbocycles. The lowest BCUT2D eigenvalue weighted by Crippen LogP contribution is -2.12. The maximum absolute atomic E-state index is 12.6. The van der Waals surface area contributed by atoms with Crippen molar-refractivity contribution in [2.24, 2.45) is 0 Å². The number of benzene rings is 2. The van der Waals surface area contributed by atoms with Gasteiger partial charge in [-0.2, -0.15) is 0 Å². The summed E-state index contributed by atoms with van der Waals surface area (Å²) < 4.78 is 6.12. The number of ether oxygens (including phenoxy) is 1. The Morgan fingerprint density at radius 1 is 1.12 bits per heavy atom. The Hall–Kier alpha value is -2.09. The van der Waals surface area contributed by atoms with E-state index in [4.69, 9.17) is 4.74 Å². The Balaban J connectivity index is 2.76. The van der Waals surface area contributed by atoms with Crippen LogP contribution in [0.4, 0.5) is 0 Å².